The van der Waals surface area contributed by atoms with Crippen molar-refractivity contribution in [3.8, 4) is 5.75 Å². The number of nitrogens with one attached hydrogen (secondary N) is 2. The number of aryl methyl sites for hydroxylation is 1. The van der Waals surface area contributed by atoms with Crippen LogP contribution in [0.5, 0.6) is 5.75 Å². The van der Waals surface area contributed by atoms with Crippen molar-refractivity contribution in [2.24, 2.45) is 5.41 Å². The standard InChI is InChI=1S/C16H24N2O2/c1-4-7-16(8-9-17-10-16)15(20)18-13-6-5-11(2)14(19)12(13)3/h5-6,17,19H,4,7-10H2,1-3H3,(H,18,20). The molecular weight excluding hydrogens is 252 g/mol. The molecule has 1 amide bonds. The molecule has 4 heteroatoms. The van der Waals surface area contributed by atoms with Crippen LogP contribution in [0, 0.1) is 19.3 Å². The third-order valence-electron chi connectivity index (χ3n) is 4.33. The Balaban J connectivity index is 2.21. The predicted octanol–water partition coefficient (Wildman–Crippen LogP) is 2.73. The Hall–Kier alpha value is -1.55. The van der Waals surface area contributed by atoms with Crippen molar-refractivity contribution in [2.75, 3.05) is 18.4 Å². The molecule has 0 radical (unpaired) electrons. The minimum atomic E-state index is -0.304. The number of anilines is 1. The third-order valence-corrected chi connectivity index (χ3v) is 4.33. The first-order valence-corrected chi connectivity index (χ1v) is 7.31. The number of aromatic hydroxyl groups is 1. The molecule has 0 aromatic heterocycles. The quantitative estimate of drug-likeness (QED) is 0.792. The lowest BCUT2D eigenvalue weighted by Gasteiger charge is -2.27. The Labute approximate surface area is 120 Å². The molecule has 0 aliphatic carbocycles. The summed E-state index contributed by atoms with van der Waals surface area (Å²) in [7, 11) is 0. The van der Waals surface area contributed by atoms with Gasteiger partial charge >= 0.3 is 0 Å². The molecule has 1 atom stereocenters. The summed E-state index contributed by atoms with van der Waals surface area (Å²) < 4.78 is 0. The fourth-order valence-electron chi connectivity index (χ4n) is 2.97. The van der Waals surface area contributed by atoms with Gasteiger partial charge in [0.2, 0.25) is 5.91 Å². The van der Waals surface area contributed by atoms with Crippen molar-refractivity contribution in [3.63, 3.8) is 0 Å². The van der Waals surface area contributed by atoms with Crippen LogP contribution < -0.4 is 10.6 Å². The van der Waals surface area contributed by atoms with Crippen LogP contribution >= 0.6 is 0 Å². The normalized spacial score (nSPS) is 21.9. The van der Waals surface area contributed by atoms with E-state index in [1.807, 2.05) is 26.0 Å². The molecule has 1 heterocycles. The molecule has 1 aliphatic heterocycles. The number of phenolic OH excluding ortho intramolecular Hbond substituents is 1. The van der Waals surface area contributed by atoms with Gasteiger partial charge in [-0.15, -0.1) is 0 Å². The van der Waals surface area contributed by atoms with Gasteiger partial charge in [-0.25, -0.2) is 0 Å². The third kappa shape index (κ3) is 2.66. The van der Waals surface area contributed by atoms with Crippen LogP contribution in [-0.2, 0) is 4.79 Å². The minimum absolute atomic E-state index is 0.0655. The maximum absolute atomic E-state index is 12.6. The van der Waals surface area contributed by atoms with E-state index in [1.165, 1.54) is 0 Å². The highest BCUT2D eigenvalue weighted by molar-refractivity contribution is 5.96. The molecule has 1 aromatic rings. The van der Waals surface area contributed by atoms with Gasteiger partial charge in [0, 0.05) is 17.8 Å². The summed E-state index contributed by atoms with van der Waals surface area (Å²) in [6.07, 6.45) is 2.76. The summed E-state index contributed by atoms with van der Waals surface area (Å²) in [6.45, 7) is 7.43. The zero-order chi connectivity index (χ0) is 14.8. The van der Waals surface area contributed by atoms with Gasteiger partial charge in [-0.3, -0.25) is 4.79 Å². The molecule has 3 N–H and O–H groups in total. The summed E-state index contributed by atoms with van der Waals surface area (Å²) >= 11 is 0. The van der Waals surface area contributed by atoms with Crippen molar-refractivity contribution >= 4 is 11.6 Å². The first-order valence-electron chi connectivity index (χ1n) is 7.31. The molecule has 1 unspecified atom stereocenters. The van der Waals surface area contributed by atoms with Gasteiger partial charge in [0.15, 0.2) is 0 Å². The number of carbonyl (C=O) groups is 1. The number of hydrogen-bond acceptors (Lipinski definition) is 3. The zero-order valence-corrected chi connectivity index (χ0v) is 12.5. The Morgan fingerprint density at radius 1 is 1.45 bits per heavy atom. The van der Waals surface area contributed by atoms with E-state index < -0.39 is 0 Å². The Morgan fingerprint density at radius 3 is 2.80 bits per heavy atom. The fourth-order valence-corrected chi connectivity index (χ4v) is 2.97. The summed E-state index contributed by atoms with van der Waals surface area (Å²) in [6, 6.07) is 3.70. The number of amides is 1. The largest absolute Gasteiger partial charge is 0.507 e. The number of hydrogen-bond donors (Lipinski definition) is 3. The second kappa shape index (κ2) is 5.83. The van der Waals surface area contributed by atoms with Crippen molar-refractivity contribution < 1.29 is 9.90 Å². The Morgan fingerprint density at radius 2 is 2.20 bits per heavy atom. The van der Waals surface area contributed by atoms with Crippen molar-refractivity contribution in [1.29, 1.82) is 0 Å². The molecular formula is C16H24N2O2. The number of phenols is 1. The van der Waals surface area contributed by atoms with E-state index in [2.05, 4.69) is 17.6 Å². The molecule has 1 saturated heterocycles. The fraction of sp³-hybridized carbons (Fsp3) is 0.562. The summed E-state index contributed by atoms with van der Waals surface area (Å²) in [5.74, 6) is 0.326. The van der Waals surface area contributed by atoms with Crippen molar-refractivity contribution in [3.05, 3.63) is 23.3 Å². The van der Waals surface area contributed by atoms with Gasteiger partial charge in [0.1, 0.15) is 5.75 Å². The molecule has 20 heavy (non-hydrogen) atoms. The van der Waals surface area contributed by atoms with Crippen molar-refractivity contribution in [2.45, 2.75) is 40.0 Å². The molecule has 0 saturated carbocycles. The highest BCUT2D eigenvalue weighted by Gasteiger charge is 2.40. The molecule has 1 aromatic carbocycles. The second-order valence-electron chi connectivity index (χ2n) is 5.81. The summed E-state index contributed by atoms with van der Waals surface area (Å²) in [5.41, 5.74) is 1.96. The lowest BCUT2D eigenvalue weighted by molar-refractivity contribution is -0.125. The first kappa shape index (κ1) is 14.9. The molecule has 4 nitrogen and oxygen atoms in total. The van der Waals surface area contributed by atoms with Crippen LogP contribution in [0.15, 0.2) is 12.1 Å². The molecule has 0 bridgehead atoms. The average Bonchev–Trinajstić information content (AvgIpc) is 2.90. The highest BCUT2D eigenvalue weighted by atomic mass is 16.3. The van der Waals surface area contributed by atoms with E-state index in [0.29, 0.717) is 5.69 Å². The topological polar surface area (TPSA) is 61.4 Å². The molecule has 110 valence electrons. The summed E-state index contributed by atoms with van der Waals surface area (Å²) in [4.78, 5) is 12.6. The SMILES string of the molecule is CCCC1(C(=O)Nc2ccc(C)c(O)c2C)CCNC1. The van der Waals surface area contributed by atoms with E-state index in [9.17, 15) is 9.90 Å². The maximum atomic E-state index is 12.6. The van der Waals surface area contributed by atoms with Gasteiger partial charge in [-0.1, -0.05) is 19.4 Å². The van der Waals surface area contributed by atoms with E-state index in [4.69, 9.17) is 0 Å². The molecule has 2 rings (SSSR count). The summed E-state index contributed by atoms with van der Waals surface area (Å²) in [5, 5.41) is 16.3. The monoisotopic (exact) mass is 276 g/mol. The average molecular weight is 276 g/mol. The minimum Gasteiger partial charge on any atom is -0.507 e. The van der Waals surface area contributed by atoms with Crippen LogP contribution in [0.2, 0.25) is 0 Å². The van der Waals surface area contributed by atoms with Crippen LogP contribution in [0.4, 0.5) is 5.69 Å². The lowest BCUT2D eigenvalue weighted by atomic mass is 9.81. The second-order valence-corrected chi connectivity index (χ2v) is 5.81. The number of rotatable bonds is 4. The van der Waals surface area contributed by atoms with Crippen molar-refractivity contribution in [1.82, 2.24) is 5.32 Å². The van der Waals surface area contributed by atoms with Crippen LogP contribution in [0.1, 0.15) is 37.3 Å². The van der Waals surface area contributed by atoms with Crippen LogP contribution in [0.3, 0.4) is 0 Å². The van der Waals surface area contributed by atoms with Gasteiger partial charge in [0.05, 0.1) is 5.41 Å². The van der Waals surface area contributed by atoms with Crippen LogP contribution in [-0.4, -0.2) is 24.1 Å². The van der Waals surface area contributed by atoms with E-state index >= 15 is 0 Å². The molecule has 0 spiro atoms. The first-order chi connectivity index (χ1) is 9.50. The number of carbonyl (C=O) groups excluding carboxylic acids is 1. The van der Waals surface area contributed by atoms with E-state index in [1.54, 1.807) is 0 Å². The molecule has 1 aliphatic rings. The van der Waals surface area contributed by atoms with Gasteiger partial charge in [-0.05, 0) is 44.9 Å². The molecule has 1 fully saturated rings. The number of benzene rings is 1. The van der Waals surface area contributed by atoms with Gasteiger partial charge in [-0.2, -0.15) is 0 Å². The Kier molecular flexibility index (Phi) is 4.33. The predicted molar refractivity (Wildman–Crippen MR) is 81.0 cm³/mol. The highest BCUT2D eigenvalue weighted by Crippen LogP contribution is 2.34. The van der Waals surface area contributed by atoms with E-state index in [-0.39, 0.29) is 17.1 Å². The maximum Gasteiger partial charge on any atom is 0.231 e. The van der Waals surface area contributed by atoms with E-state index in [0.717, 1.165) is 43.5 Å². The van der Waals surface area contributed by atoms with Crippen LogP contribution in [0.25, 0.3) is 0 Å². The Bertz CT molecular complexity index is 505. The zero-order valence-electron chi connectivity index (χ0n) is 12.5. The van der Waals surface area contributed by atoms with Gasteiger partial charge in [0.25, 0.3) is 0 Å². The van der Waals surface area contributed by atoms with Gasteiger partial charge < -0.3 is 15.7 Å². The lowest BCUT2D eigenvalue weighted by Crippen LogP contribution is -2.38. The smallest absolute Gasteiger partial charge is 0.231 e.